The number of hydrogen-bond acceptors (Lipinski definition) is 4. The molecule has 0 bridgehead atoms. The number of thiophene rings is 1. The number of oxime groups is 1. The summed E-state index contributed by atoms with van der Waals surface area (Å²) in [4.78, 5) is 17.8. The van der Waals surface area contributed by atoms with Gasteiger partial charge in [0.15, 0.2) is 0 Å². The summed E-state index contributed by atoms with van der Waals surface area (Å²) in [5.41, 5.74) is 2.35. The Morgan fingerprint density at radius 2 is 2.16 bits per heavy atom. The van der Waals surface area contributed by atoms with Crippen LogP contribution in [0.4, 0.5) is 0 Å². The molecule has 2 rings (SSSR count). The quantitative estimate of drug-likeness (QED) is 0.343. The first-order valence-corrected chi connectivity index (χ1v) is 7.60. The second kappa shape index (κ2) is 6.29. The van der Waals surface area contributed by atoms with Crippen molar-refractivity contribution in [2.24, 2.45) is 5.16 Å². The van der Waals surface area contributed by atoms with Gasteiger partial charge in [0.05, 0.1) is 16.2 Å². The molecule has 19 heavy (non-hydrogen) atoms. The Hall–Kier alpha value is -1.21. The zero-order valence-corrected chi connectivity index (χ0v) is 13.5. The van der Waals surface area contributed by atoms with E-state index in [1.54, 1.807) is 23.5 Å². The molecule has 0 saturated carbocycles. The molecular formula is C14H12INO2S. The molecular weight excluding hydrogens is 373 g/mol. The first-order chi connectivity index (χ1) is 9.08. The summed E-state index contributed by atoms with van der Waals surface area (Å²) in [5.74, 6) is -0.436. The first kappa shape index (κ1) is 14.2. The summed E-state index contributed by atoms with van der Waals surface area (Å²) >= 11 is 3.75. The fourth-order valence-corrected chi connectivity index (χ4v) is 2.60. The van der Waals surface area contributed by atoms with Gasteiger partial charge in [0.2, 0.25) is 0 Å². The van der Waals surface area contributed by atoms with Gasteiger partial charge in [-0.25, -0.2) is 4.79 Å². The number of hydrogen-bond donors (Lipinski definition) is 0. The lowest BCUT2D eigenvalue weighted by molar-refractivity contribution is 0.0516. The van der Waals surface area contributed by atoms with Crippen molar-refractivity contribution in [3.8, 4) is 0 Å². The number of rotatable bonds is 3. The highest BCUT2D eigenvalue weighted by Crippen LogP contribution is 2.15. The van der Waals surface area contributed by atoms with Gasteiger partial charge < -0.3 is 4.84 Å². The average molecular weight is 385 g/mol. The van der Waals surface area contributed by atoms with E-state index in [2.05, 4.69) is 27.7 Å². The first-order valence-electron chi connectivity index (χ1n) is 5.64. The molecule has 2 aromatic rings. The minimum Gasteiger partial charge on any atom is -0.313 e. The molecule has 98 valence electrons. The molecule has 1 aromatic carbocycles. The van der Waals surface area contributed by atoms with Crippen molar-refractivity contribution in [1.29, 1.82) is 0 Å². The molecule has 1 heterocycles. The highest BCUT2D eigenvalue weighted by atomic mass is 127. The average Bonchev–Trinajstić information content (AvgIpc) is 2.92. The van der Waals surface area contributed by atoms with E-state index < -0.39 is 5.97 Å². The standard InChI is InChI=1S/C14H12INO2S/c1-9-5-6-11(8-12(9)15)14(17)18-16-10(2)13-4-3-7-19-13/h3-8H,1-2H3/b16-10+. The Morgan fingerprint density at radius 3 is 2.79 bits per heavy atom. The van der Waals surface area contributed by atoms with Crippen molar-refractivity contribution in [3.63, 3.8) is 0 Å². The second-order valence-electron chi connectivity index (χ2n) is 4.00. The highest BCUT2D eigenvalue weighted by Gasteiger charge is 2.09. The normalized spacial score (nSPS) is 11.4. The molecule has 0 aliphatic carbocycles. The van der Waals surface area contributed by atoms with Gasteiger partial charge in [0.1, 0.15) is 0 Å². The second-order valence-corrected chi connectivity index (χ2v) is 6.11. The van der Waals surface area contributed by atoms with Crippen molar-refractivity contribution in [2.75, 3.05) is 0 Å². The van der Waals surface area contributed by atoms with Crippen molar-refractivity contribution >= 4 is 45.6 Å². The predicted octanol–water partition coefficient (Wildman–Crippen LogP) is 4.24. The highest BCUT2D eigenvalue weighted by molar-refractivity contribution is 14.1. The Kier molecular flexibility index (Phi) is 4.71. The minimum atomic E-state index is -0.436. The van der Waals surface area contributed by atoms with Gasteiger partial charge in [0.25, 0.3) is 0 Å². The molecule has 0 atom stereocenters. The van der Waals surface area contributed by atoms with Crippen molar-refractivity contribution < 1.29 is 9.63 Å². The van der Waals surface area contributed by atoms with E-state index >= 15 is 0 Å². The third kappa shape index (κ3) is 3.63. The van der Waals surface area contributed by atoms with E-state index in [4.69, 9.17) is 4.84 Å². The third-order valence-electron chi connectivity index (χ3n) is 2.55. The molecule has 1 aromatic heterocycles. The molecule has 0 aliphatic rings. The summed E-state index contributed by atoms with van der Waals surface area (Å²) in [6.45, 7) is 3.81. The maximum Gasteiger partial charge on any atom is 0.365 e. The maximum absolute atomic E-state index is 11.9. The minimum absolute atomic E-state index is 0.436. The zero-order chi connectivity index (χ0) is 13.8. The van der Waals surface area contributed by atoms with Gasteiger partial charge in [-0.05, 0) is 65.6 Å². The van der Waals surface area contributed by atoms with Crippen LogP contribution >= 0.6 is 33.9 Å². The maximum atomic E-state index is 11.9. The van der Waals surface area contributed by atoms with Gasteiger partial charge in [-0.3, -0.25) is 0 Å². The van der Waals surface area contributed by atoms with E-state index in [9.17, 15) is 4.79 Å². The van der Waals surface area contributed by atoms with Gasteiger partial charge in [-0.15, -0.1) is 11.3 Å². The summed E-state index contributed by atoms with van der Waals surface area (Å²) < 4.78 is 1.03. The number of halogens is 1. The largest absolute Gasteiger partial charge is 0.365 e. The van der Waals surface area contributed by atoms with E-state index in [-0.39, 0.29) is 0 Å². The van der Waals surface area contributed by atoms with Crippen LogP contribution < -0.4 is 0 Å². The van der Waals surface area contributed by atoms with Crippen LogP contribution in [0.25, 0.3) is 0 Å². The van der Waals surface area contributed by atoms with Crippen molar-refractivity contribution in [1.82, 2.24) is 0 Å². The van der Waals surface area contributed by atoms with E-state index in [0.717, 1.165) is 14.0 Å². The molecule has 0 N–H and O–H groups in total. The molecule has 0 spiro atoms. The van der Waals surface area contributed by atoms with Crippen LogP contribution in [0.2, 0.25) is 0 Å². The summed E-state index contributed by atoms with van der Waals surface area (Å²) in [7, 11) is 0. The van der Waals surface area contributed by atoms with Gasteiger partial charge in [-0.1, -0.05) is 17.3 Å². The van der Waals surface area contributed by atoms with E-state index in [1.807, 2.05) is 37.4 Å². The van der Waals surface area contributed by atoms with Crippen LogP contribution in [0.5, 0.6) is 0 Å². The Bertz CT molecular complexity index is 620. The van der Waals surface area contributed by atoms with Gasteiger partial charge >= 0.3 is 5.97 Å². The molecule has 0 saturated heterocycles. The number of carbonyl (C=O) groups is 1. The Labute approximate surface area is 129 Å². The Balaban J connectivity index is 2.09. The van der Waals surface area contributed by atoms with Crippen molar-refractivity contribution in [3.05, 3.63) is 55.3 Å². The number of nitrogens with zero attached hydrogens (tertiary/aromatic N) is 1. The molecule has 0 fully saturated rings. The number of benzene rings is 1. The zero-order valence-electron chi connectivity index (χ0n) is 10.5. The smallest absolute Gasteiger partial charge is 0.313 e. The van der Waals surface area contributed by atoms with Crippen LogP contribution in [0, 0.1) is 10.5 Å². The summed E-state index contributed by atoms with van der Waals surface area (Å²) in [5, 5.41) is 5.83. The summed E-state index contributed by atoms with van der Waals surface area (Å²) in [6.07, 6.45) is 0. The molecule has 0 aliphatic heterocycles. The molecule has 3 nitrogen and oxygen atoms in total. The van der Waals surface area contributed by atoms with Crippen LogP contribution in [-0.4, -0.2) is 11.7 Å². The van der Waals surface area contributed by atoms with Gasteiger partial charge in [-0.2, -0.15) is 0 Å². The Morgan fingerprint density at radius 1 is 1.37 bits per heavy atom. The topological polar surface area (TPSA) is 38.7 Å². The van der Waals surface area contributed by atoms with Crippen LogP contribution in [0.15, 0.2) is 40.9 Å². The molecule has 0 amide bonds. The van der Waals surface area contributed by atoms with Crippen LogP contribution in [0.3, 0.4) is 0 Å². The van der Waals surface area contributed by atoms with E-state index in [1.165, 1.54) is 0 Å². The molecule has 0 radical (unpaired) electrons. The SMILES string of the molecule is C/C(=N\OC(=O)c1ccc(C)c(I)c1)c1cccs1. The molecule has 5 heteroatoms. The van der Waals surface area contributed by atoms with E-state index in [0.29, 0.717) is 11.3 Å². The lowest BCUT2D eigenvalue weighted by Gasteiger charge is -2.02. The predicted molar refractivity (Wildman–Crippen MR) is 85.8 cm³/mol. The lowest BCUT2D eigenvalue weighted by atomic mass is 10.2. The van der Waals surface area contributed by atoms with Crippen molar-refractivity contribution in [2.45, 2.75) is 13.8 Å². The van der Waals surface area contributed by atoms with Gasteiger partial charge in [0, 0.05) is 3.57 Å². The van der Waals surface area contributed by atoms with Crippen LogP contribution in [-0.2, 0) is 4.84 Å². The fraction of sp³-hybridized carbons (Fsp3) is 0.143. The summed E-state index contributed by atoms with van der Waals surface area (Å²) in [6, 6.07) is 9.31. The number of aryl methyl sites for hydroxylation is 1. The lowest BCUT2D eigenvalue weighted by Crippen LogP contribution is -2.04. The fourth-order valence-electron chi connectivity index (χ4n) is 1.41. The monoisotopic (exact) mass is 385 g/mol. The molecule has 0 unspecified atom stereocenters. The number of carbonyl (C=O) groups excluding carboxylic acids is 1. The van der Waals surface area contributed by atoms with Crippen LogP contribution in [0.1, 0.15) is 27.7 Å². The third-order valence-corrected chi connectivity index (χ3v) is 4.69.